The molecule has 3 nitrogen and oxygen atoms in total. The molecule has 4 heteroatoms. The van der Waals surface area contributed by atoms with Gasteiger partial charge in [-0.15, -0.1) is 6.58 Å². The van der Waals surface area contributed by atoms with Crippen LogP contribution in [0.1, 0.15) is 39.1 Å². The van der Waals surface area contributed by atoms with Gasteiger partial charge < -0.3 is 5.32 Å². The minimum absolute atomic E-state index is 0.0211. The molecule has 0 radical (unpaired) electrons. The van der Waals surface area contributed by atoms with Gasteiger partial charge in [0.05, 0.1) is 16.4 Å². The number of nitrogens with zero attached hydrogens (tertiary/aromatic N) is 2. The molecule has 0 spiro atoms. The first-order valence-electron chi connectivity index (χ1n) is 6.90. The first-order valence-corrected chi connectivity index (χ1v) is 7.28. The van der Waals surface area contributed by atoms with Crippen molar-refractivity contribution in [1.82, 2.24) is 15.1 Å². The number of hydrogen-bond acceptors (Lipinski definition) is 2. The molecule has 0 amide bonds. The van der Waals surface area contributed by atoms with Crippen LogP contribution in [-0.2, 0) is 19.9 Å². The van der Waals surface area contributed by atoms with Crippen LogP contribution >= 0.6 is 11.6 Å². The molecule has 0 aliphatic heterocycles. The number of halogens is 1. The summed E-state index contributed by atoms with van der Waals surface area (Å²) in [6.45, 7) is 13.4. The smallest absolute Gasteiger partial charge is 0.0850 e. The minimum Gasteiger partial charge on any atom is -0.314 e. The molecule has 1 N–H and O–H groups in total. The number of rotatable bonds is 7. The second-order valence-electron chi connectivity index (χ2n) is 5.76. The highest BCUT2D eigenvalue weighted by molar-refractivity contribution is 6.31. The summed E-state index contributed by atoms with van der Waals surface area (Å²) in [5, 5.41) is 8.75. The fourth-order valence-electron chi connectivity index (χ4n) is 2.04. The highest BCUT2D eigenvalue weighted by Gasteiger charge is 2.25. The topological polar surface area (TPSA) is 29.9 Å². The van der Waals surface area contributed by atoms with E-state index in [1.807, 2.05) is 17.8 Å². The summed E-state index contributed by atoms with van der Waals surface area (Å²) in [7, 11) is 1.96. The standard InChI is InChI=1S/C15H26ClN3/c1-7-12-14(16)13(19(6)18-12)9-15(5,8-2)10-17-11(3)4/h8,11,17H,2,7,9-10H2,1,3-6H3. The lowest BCUT2D eigenvalue weighted by atomic mass is 9.85. The third-order valence-electron chi connectivity index (χ3n) is 3.48. The summed E-state index contributed by atoms with van der Waals surface area (Å²) >= 11 is 6.42. The first-order chi connectivity index (χ1) is 8.83. The van der Waals surface area contributed by atoms with Crippen molar-refractivity contribution in [2.45, 2.75) is 46.6 Å². The zero-order valence-corrected chi connectivity index (χ0v) is 13.5. The molecule has 0 aliphatic rings. The summed E-state index contributed by atoms with van der Waals surface area (Å²) in [4.78, 5) is 0. The summed E-state index contributed by atoms with van der Waals surface area (Å²) in [6.07, 6.45) is 3.72. The molecule has 1 aromatic rings. The van der Waals surface area contributed by atoms with Crippen LogP contribution in [0.2, 0.25) is 5.02 Å². The highest BCUT2D eigenvalue weighted by Crippen LogP contribution is 2.29. The van der Waals surface area contributed by atoms with Crippen LogP contribution in [0.15, 0.2) is 12.7 Å². The Morgan fingerprint density at radius 3 is 2.58 bits per heavy atom. The maximum Gasteiger partial charge on any atom is 0.0850 e. The number of aryl methyl sites for hydroxylation is 2. The predicted octanol–water partition coefficient (Wildman–Crippen LogP) is 3.37. The van der Waals surface area contributed by atoms with Crippen molar-refractivity contribution in [3.05, 3.63) is 29.1 Å². The lowest BCUT2D eigenvalue weighted by Gasteiger charge is -2.27. The zero-order chi connectivity index (χ0) is 14.6. The van der Waals surface area contributed by atoms with Crippen molar-refractivity contribution in [3.63, 3.8) is 0 Å². The quantitative estimate of drug-likeness (QED) is 0.778. The lowest BCUT2D eigenvalue weighted by molar-refractivity contribution is 0.365. The van der Waals surface area contributed by atoms with Gasteiger partial charge in [0, 0.05) is 31.5 Å². The van der Waals surface area contributed by atoms with Gasteiger partial charge in [-0.2, -0.15) is 5.10 Å². The zero-order valence-electron chi connectivity index (χ0n) is 12.8. The van der Waals surface area contributed by atoms with E-state index < -0.39 is 0 Å². The Bertz CT molecular complexity index is 437. The van der Waals surface area contributed by atoms with E-state index in [2.05, 4.69) is 44.7 Å². The molecule has 0 bridgehead atoms. The van der Waals surface area contributed by atoms with E-state index in [0.717, 1.165) is 35.8 Å². The van der Waals surface area contributed by atoms with Gasteiger partial charge in [0.15, 0.2) is 0 Å². The maximum absolute atomic E-state index is 6.42. The van der Waals surface area contributed by atoms with Crippen molar-refractivity contribution in [3.8, 4) is 0 Å². The Balaban J connectivity index is 2.92. The van der Waals surface area contributed by atoms with Crippen LogP contribution in [0.4, 0.5) is 0 Å². The number of nitrogens with one attached hydrogen (secondary N) is 1. The molecule has 108 valence electrons. The van der Waals surface area contributed by atoms with Gasteiger partial charge in [0.25, 0.3) is 0 Å². The van der Waals surface area contributed by atoms with Crippen molar-refractivity contribution in [2.24, 2.45) is 12.5 Å². The van der Waals surface area contributed by atoms with Crippen LogP contribution < -0.4 is 5.32 Å². The van der Waals surface area contributed by atoms with Crippen LogP contribution in [0.5, 0.6) is 0 Å². The molecule has 1 rings (SSSR count). The van der Waals surface area contributed by atoms with E-state index in [-0.39, 0.29) is 5.41 Å². The molecule has 19 heavy (non-hydrogen) atoms. The van der Waals surface area contributed by atoms with Gasteiger partial charge in [0.2, 0.25) is 0 Å². The highest BCUT2D eigenvalue weighted by atomic mass is 35.5. The summed E-state index contributed by atoms with van der Waals surface area (Å²) < 4.78 is 1.90. The maximum atomic E-state index is 6.42. The molecular formula is C15H26ClN3. The second kappa shape index (κ2) is 6.58. The molecule has 0 saturated heterocycles. The fourth-order valence-corrected chi connectivity index (χ4v) is 2.40. The van der Waals surface area contributed by atoms with Crippen molar-refractivity contribution in [2.75, 3.05) is 6.54 Å². The van der Waals surface area contributed by atoms with E-state index in [1.165, 1.54) is 0 Å². The lowest BCUT2D eigenvalue weighted by Crippen LogP contribution is -2.36. The van der Waals surface area contributed by atoms with E-state index in [4.69, 9.17) is 11.6 Å². The molecular weight excluding hydrogens is 258 g/mol. The summed E-state index contributed by atoms with van der Waals surface area (Å²) in [5.41, 5.74) is 2.04. The van der Waals surface area contributed by atoms with Gasteiger partial charge in [-0.25, -0.2) is 0 Å². The van der Waals surface area contributed by atoms with Gasteiger partial charge in [-0.05, 0) is 6.42 Å². The number of hydrogen-bond donors (Lipinski definition) is 1. The normalized spacial score (nSPS) is 14.7. The van der Waals surface area contributed by atoms with Crippen LogP contribution in [0, 0.1) is 5.41 Å². The SMILES string of the molecule is C=CC(C)(CNC(C)C)Cc1c(Cl)c(CC)nn1C. The Morgan fingerprint density at radius 2 is 2.16 bits per heavy atom. The average Bonchev–Trinajstić information content (AvgIpc) is 2.63. The molecule has 0 aromatic carbocycles. The summed E-state index contributed by atoms with van der Waals surface area (Å²) in [5.74, 6) is 0. The van der Waals surface area contributed by atoms with Crippen LogP contribution in [0.25, 0.3) is 0 Å². The van der Waals surface area contributed by atoms with Crippen molar-refractivity contribution >= 4 is 11.6 Å². The Labute approximate surface area is 122 Å². The Hall–Kier alpha value is -0.800. The third-order valence-corrected chi connectivity index (χ3v) is 3.92. The average molecular weight is 284 g/mol. The molecule has 0 aliphatic carbocycles. The predicted molar refractivity (Wildman–Crippen MR) is 82.7 cm³/mol. The van der Waals surface area contributed by atoms with E-state index in [9.17, 15) is 0 Å². The van der Waals surface area contributed by atoms with Crippen LogP contribution in [-0.4, -0.2) is 22.4 Å². The van der Waals surface area contributed by atoms with E-state index >= 15 is 0 Å². The number of aromatic nitrogens is 2. The van der Waals surface area contributed by atoms with E-state index in [0.29, 0.717) is 6.04 Å². The fraction of sp³-hybridized carbons (Fsp3) is 0.667. The van der Waals surface area contributed by atoms with Crippen LogP contribution in [0.3, 0.4) is 0 Å². The van der Waals surface area contributed by atoms with Crippen molar-refractivity contribution in [1.29, 1.82) is 0 Å². The molecule has 0 saturated carbocycles. The van der Waals surface area contributed by atoms with E-state index in [1.54, 1.807) is 0 Å². The molecule has 1 unspecified atom stereocenters. The van der Waals surface area contributed by atoms with Gasteiger partial charge in [0.1, 0.15) is 0 Å². The third kappa shape index (κ3) is 4.08. The second-order valence-corrected chi connectivity index (χ2v) is 6.13. The molecule has 1 atom stereocenters. The molecule has 1 aromatic heterocycles. The Morgan fingerprint density at radius 1 is 1.53 bits per heavy atom. The van der Waals surface area contributed by atoms with Gasteiger partial charge in [-0.1, -0.05) is 45.4 Å². The van der Waals surface area contributed by atoms with Gasteiger partial charge >= 0.3 is 0 Å². The molecule has 1 heterocycles. The largest absolute Gasteiger partial charge is 0.314 e. The summed E-state index contributed by atoms with van der Waals surface area (Å²) in [6, 6.07) is 0.465. The monoisotopic (exact) mass is 283 g/mol. The van der Waals surface area contributed by atoms with Gasteiger partial charge in [-0.3, -0.25) is 4.68 Å². The Kier molecular flexibility index (Phi) is 5.63. The molecule has 0 fully saturated rings. The first kappa shape index (κ1) is 16.3. The van der Waals surface area contributed by atoms with Crippen molar-refractivity contribution < 1.29 is 0 Å². The minimum atomic E-state index is -0.0211.